The van der Waals surface area contributed by atoms with E-state index in [4.69, 9.17) is 25.7 Å². The van der Waals surface area contributed by atoms with Crippen LogP contribution < -0.4 is 11.5 Å². The van der Waals surface area contributed by atoms with E-state index in [0.717, 1.165) is 11.2 Å². The van der Waals surface area contributed by atoms with Gasteiger partial charge in [-0.3, -0.25) is 14.5 Å². The van der Waals surface area contributed by atoms with Crippen molar-refractivity contribution in [2.45, 2.75) is 39.2 Å². The summed E-state index contributed by atoms with van der Waals surface area (Å²) >= 11 is 0. The Labute approximate surface area is 139 Å². The second-order valence-electron chi connectivity index (χ2n) is 5.28. The number of nitrogens with zero attached hydrogens (tertiary/aromatic N) is 2. The van der Waals surface area contributed by atoms with Crippen LogP contribution in [0.15, 0.2) is 17.4 Å². The first kappa shape index (κ1) is 19.4. The predicted molar refractivity (Wildman–Crippen MR) is 83.3 cm³/mol. The van der Waals surface area contributed by atoms with Gasteiger partial charge in [0.25, 0.3) is 0 Å². The first-order valence-corrected chi connectivity index (χ1v) is 7.15. The second-order valence-corrected chi connectivity index (χ2v) is 5.28. The molecular weight excluding hydrogens is 320 g/mol. The number of primary amides is 1. The summed E-state index contributed by atoms with van der Waals surface area (Å²) in [6.07, 6.45) is -1.41. The van der Waals surface area contributed by atoms with E-state index in [-0.39, 0.29) is 18.3 Å². The molecule has 10 nitrogen and oxygen atoms in total. The van der Waals surface area contributed by atoms with Gasteiger partial charge in [-0.25, -0.2) is 9.79 Å². The van der Waals surface area contributed by atoms with Crippen molar-refractivity contribution in [1.82, 2.24) is 4.90 Å². The van der Waals surface area contributed by atoms with E-state index in [0.29, 0.717) is 0 Å². The zero-order valence-corrected chi connectivity index (χ0v) is 13.8. The van der Waals surface area contributed by atoms with Gasteiger partial charge < -0.3 is 25.7 Å². The third kappa shape index (κ3) is 5.23. The molecule has 1 aliphatic heterocycles. The van der Waals surface area contributed by atoms with Crippen LogP contribution in [0.2, 0.25) is 0 Å². The van der Waals surface area contributed by atoms with Gasteiger partial charge >= 0.3 is 18.0 Å². The molecule has 24 heavy (non-hydrogen) atoms. The van der Waals surface area contributed by atoms with Gasteiger partial charge in [-0.1, -0.05) is 13.5 Å². The van der Waals surface area contributed by atoms with Crippen molar-refractivity contribution in [3.05, 3.63) is 12.4 Å². The van der Waals surface area contributed by atoms with Crippen LogP contribution in [-0.4, -0.2) is 54.3 Å². The lowest BCUT2D eigenvalue weighted by molar-refractivity contribution is -0.153. The minimum atomic E-state index is -1.04. The number of rotatable bonds is 6. The maximum Gasteiger partial charge on any atom is 0.322 e. The first-order valence-electron chi connectivity index (χ1n) is 7.15. The molecule has 0 spiro atoms. The molecule has 4 atom stereocenters. The molecule has 1 heterocycles. The van der Waals surface area contributed by atoms with E-state index in [1.54, 1.807) is 6.92 Å². The highest BCUT2D eigenvalue weighted by Gasteiger charge is 2.48. The maximum absolute atomic E-state index is 11.7. The Kier molecular flexibility index (Phi) is 6.71. The Morgan fingerprint density at radius 3 is 2.38 bits per heavy atom. The summed E-state index contributed by atoms with van der Waals surface area (Å²) < 4.78 is 15.9. The summed E-state index contributed by atoms with van der Waals surface area (Å²) in [5, 5.41) is 0. The molecule has 0 unspecified atom stereocenters. The number of ether oxygens (including phenoxy) is 3. The molecule has 134 valence electrons. The minimum Gasteiger partial charge on any atom is -0.463 e. The predicted octanol–water partition coefficient (Wildman–Crippen LogP) is -0.319. The SMILES string of the molecule is C=C(N)/N=C\N(C(N)=O)[C@@H]1O[C@H](COC(C)=O)[C@@H](C)[C@H]1OC(C)=O. The van der Waals surface area contributed by atoms with Gasteiger partial charge in [0.05, 0.1) is 0 Å². The third-order valence-corrected chi connectivity index (χ3v) is 3.33. The molecule has 0 aromatic carbocycles. The van der Waals surface area contributed by atoms with E-state index < -0.39 is 36.4 Å². The summed E-state index contributed by atoms with van der Waals surface area (Å²) in [4.78, 5) is 38.7. The van der Waals surface area contributed by atoms with Crippen molar-refractivity contribution in [1.29, 1.82) is 0 Å². The normalized spacial score (nSPS) is 26.1. The zero-order chi connectivity index (χ0) is 18.4. The fourth-order valence-corrected chi connectivity index (χ4v) is 2.21. The van der Waals surface area contributed by atoms with E-state index >= 15 is 0 Å². The largest absolute Gasteiger partial charge is 0.463 e. The zero-order valence-electron chi connectivity index (χ0n) is 13.8. The van der Waals surface area contributed by atoms with Gasteiger partial charge in [-0.2, -0.15) is 0 Å². The van der Waals surface area contributed by atoms with Crippen LogP contribution in [0.4, 0.5) is 4.79 Å². The number of carbonyl (C=O) groups is 3. The average Bonchev–Trinajstić information content (AvgIpc) is 2.73. The van der Waals surface area contributed by atoms with Gasteiger partial charge in [0.2, 0.25) is 0 Å². The quantitative estimate of drug-likeness (QED) is 0.382. The van der Waals surface area contributed by atoms with Gasteiger partial charge in [0.1, 0.15) is 24.9 Å². The van der Waals surface area contributed by atoms with Crippen LogP contribution in [-0.2, 0) is 23.8 Å². The number of hydrogen-bond donors (Lipinski definition) is 2. The van der Waals surface area contributed by atoms with E-state index in [2.05, 4.69) is 11.6 Å². The number of urea groups is 1. The molecule has 2 amide bonds. The lowest BCUT2D eigenvalue weighted by Gasteiger charge is -2.27. The third-order valence-electron chi connectivity index (χ3n) is 3.33. The monoisotopic (exact) mass is 342 g/mol. The number of aliphatic imine (C=N–C) groups is 1. The molecule has 1 saturated heterocycles. The maximum atomic E-state index is 11.7. The van der Waals surface area contributed by atoms with Crippen LogP contribution in [0.1, 0.15) is 20.8 Å². The smallest absolute Gasteiger partial charge is 0.322 e. The van der Waals surface area contributed by atoms with Crippen molar-refractivity contribution in [3.8, 4) is 0 Å². The molecule has 0 aromatic heterocycles. The number of nitrogens with two attached hydrogens (primary N) is 2. The Morgan fingerprint density at radius 1 is 1.29 bits per heavy atom. The van der Waals surface area contributed by atoms with Crippen molar-refractivity contribution in [3.63, 3.8) is 0 Å². The Bertz CT molecular complexity index is 549. The van der Waals surface area contributed by atoms with Gasteiger partial charge in [-0.05, 0) is 0 Å². The number of hydrogen-bond acceptors (Lipinski definition) is 8. The molecule has 4 N–H and O–H groups in total. The fourth-order valence-electron chi connectivity index (χ4n) is 2.21. The Hall–Kier alpha value is -2.62. The standard InChI is InChI=1S/C14H22N4O6/c1-7-11(5-22-9(3)19)24-13(12(7)23-10(4)20)18(14(16)21)6-17-8(2)15/h6-7,11-13H,2,5,15H2,1,3-4H3,(H2,16,21)/b17-6-/t7-,11-,12-,13-/m1/s1. The molecule has 0 aromatic rings. The highest BCUT2D eigenvalue weighted by molar-refractivity contribution is 5.85. The highest BCUT2D eigenvalue weighted by Crippen LogP contribution is 2.31. The van der Waals surface area contributed by atoms with Gasteiger partial charge in [0, 0.05) is 19.8 Å². The lowest BCUT2D eigenvalue weighted by atomic mass is 10.0. The molecule has 0 aliphatic carbocycles. The minimum absolute atomic E-state index is 0.0483. The number of esters is 2. The molecule has 0 saturated carbocycles. The van der Waals surface area contributed by atoms with Crippen molar-refractivity contribution in [2.24, 2.45) is 22.4 Å². The summed E-state index contributed by atoms with van der Waals surface area (Å²) in [7, 11) is 0. The van der Waals surface area contributed by atoms with Crippen molar-refractivity contribution in [2.75, 3.05) is 6.61 Å². The molecule has 0 bridgehead atoms. The molecule has 1 rings (SSSR count). The second kappa shape index (κ2) is 8.29. The van der Waals surface area contributed by atoms with Gasteiger partial charge in [0.15, 0.2) is 12.3 Å². The molecule has 1 fully saturated rings. The Balaban J connectivity index is 3.04. The van der Waals surface area contributed by atoms with Crippen molar-refractivity contribution >= 4 is 24.3 Å². The lowest BCUT2D eigenvalue weighted by Crippen LogP contribution is -2.49. The van der Waals surface area contributed by atoms with Crippen LogP contribution in [0.3, 0.4) is 0 Å². The van der Waals surface area contributed by atoms with E-state index in [1.807, 2.05) is 0 Å². The number of carbonyl (C=O) groups excluding carboxylic acids is 3. The summed E-state index contributed by atoms with van der Waals surface area (Å²) in [5.74, 6) is -1.45. The molecular formula is C14H22N4O6. The number of amides is 2. The first-order chi connectivity index (χ1) is 11.1. The topological polar surface area (TPSA) is 147 Å². The average molecular weight is 342 g/mol. The Morgan fingerprint density at radius 2 is 1.92 bits per heavy atom. The van der Waals surface area contributed by atoms with Crippen LogP contribution >= 0.6 is 0 Å². The van der Waals surface area contributed by atoms with Gasteiger partial charge in [-0.15, -0.1) is 0 Å². The van der Waals surface area contributed by atoms with Crippen LogP contribution in [0.5, 0.6) is 0 Å². The molecule has 0 radical (unpaired) electrons. The van der Waals surface area contributed by atoms with Crippen LogP contribution in [0.25, 0.3) is 0 Å². The summed E-state index contributed by atoms with van der Waals surface area (Å²) in [5.41, 5.74) is 10.7. The van der Waals surface area contributed by atoms with Crippen molar-refractivity contribution < 1.29 is 28.6 Å². The molecule has 1 aliphatic rings. The molecule has 10 heteroatoms. The fraction of sp³-hybridized carbons (Fsp3) is 0.571. The van der Waals surface area contributed by atoms with Crippen LogP contribution in [0, 0.1) is 5.92 Å². The summed E-state index contributed by atoms with van der Waals surface area (Å²) in [6, 6.07) is -0.887. The summed E-state index contributed by atoms with van der Waals surface area (Å²) in [6.45, 7) is 7.54. The highest BCUT2D eigenvalue weighted by atomic mass is 16.6. The van der Waals surface area contributed by atoms with E-state index in [1.165, 1.54) is 13.8 Å². The van der Waals surface area contributed by atoms with E-state index in [9.17, 15) is 14.4 Å².